The first-order valence-electron chi connectivity index (χ1n) is 6.84. The maximum atomic E-state index is 11.9. The first-order valence-corrected chi connectivity index (χ1v) is 7.22. The van der Waals surface area contributed by atoms with Crippen molar-refractivity contribution < 1.29 is 19.2 Å². The molecule has 1 N–H and O–H groups in total. The number of benzene rings is 2. The zero-order valence-corrected chi connectivity index (χ0v) is 13.4. The lowest BCUT2D eigenvalue weighted by Crippen LogP contribution is -2.20. The smallest absolute Gasteiger partial charge is 0.312 e. The van der Waals surface area contributed by atoms with E-state index in [9.17, 15) is 19.7 Å². The first kappa shape index (κ1) is 17.4. The van der Waals surface area contributed by atoms with Crippen molar-refractivity contribution >= 4 is 34.7 Å². The fourth-order valence-electron chi connectivity index (χ4n) is 1.91. The van der Waals surface area contributed by atoms with Crippen LogP contribution in [-0.2, 0) is 4.79 Å². The minimum Gasteiger partial charge on any atom is -0.477 e. The van der Waals surface area contributed by atoms with Crippen LogP contribution in [0.2, 0.25) is 5.02 Å². The Kier molecular flexibility index (Phi) is 5.49. The number of nitrogens with one attached hydrogen (secondary N) is 1. The molecule has 0 unspecified atom stereocenters. The summed E-state index contributed by atoms with van der Waals surface area (Å²) in [6.07, 6.45) is 0. The molecule has 1 amide bonds. The second-order valence-electron chi connectivity index (χ2n) is 4.84. The van der Waals surface area contributed by atoms with Gasteiger partial charge < -0.3 is 10.1 Å². The summed E-state index contributed by atoms with van der Waals surface area (Å²) >= 11 is 5.70. The molecule has 8 heteroatoms. The number of Topliss-reactive ketones (excluding diaryl/α,β-unsaturated/α-hetero) is 1. The summed E-state index contributed by atoms with van der Waals surface area (Å²) in [6, 6.07) is 10.3. The Bertz CT molecular complexity index is 807. The molecule has 0 heterocycles. The molecule has 0 aliphatic heterocycles. The van der Waals surface area contributed by atoms with Gasteiger partial charge in [-0.15, -0.1) is 0 Å². The topological polar surface area (TPSA) is 98.5 Å². The van der Waals surface area contributed by atoms with Gasteiger partial charge in [0.2, 0.25) is 0 Å². The van der Waals surface area contributed by atoms with Crippen LogP contribution in [0.3, 0.4) is 0 Å². The van der Waals surface area contributed by atoms with Crippen LogP contribution in [0.25, 0.3) is 0 Å². The molecule has 0 bridgehead atoms. The van der Waals surface area contributed by atoms with Crippen LogP contribution >= 0.6 is 11.6 Å². The zero-order valence-electron chi connectivity index (χ0n) is 12.6. The number of halogens is 1. The van der Waals surface area contributed by atoms with Crippen molar-refractivity contribution in [3.05, 3.63) is 63.2 Å². The van der Waals surface area contributed by atoms with E-state index in [4.69, 9.17) is 16.3 Å². The van der Waals surface area contributed by atoms with Gasteiger partial charge in [0.1, 0.15) is 0 Å². The van der Waals surface area contributed by atoms with Crippen molar-refractivity contribution in [1.29, 1.82) is 0 Å². The van der Waals surface area contributed by atoms with Crippen molar-refractivity contribution in [3.8, 4) is 5.75 Å². The van der Waals surface area contributed by atoms with Crippen molar-refractivity contribution in [3.63, 3.8) is 0 Å². The third-order valence-corrected chi connectivity index (χ3v) is 3.26. The van der Waals surface area contributed by atoms with E-state index < -0.39 is 17.4 Å². The van der Waals surface area contributed by atoms with Crippen LogP contribution in [0.4, 0.5) is 11.4 Å². The third-order valence-electron chi connectivity index (χ3n) is 3.03. The molecule has 0 aliphatic carbocycles. The highest BCUT2D eigenvalue weighted by Crippen LogP contribution is 2.29. The van der Waals surface area contributed by atoms with Gasteiger partial charge in [-0.2, -0.15) is 0 Å². The highest BCUT2D eigenvalue weighted by Gasteiger charge is 2.17. The molecule has 0 atom stereocenters. The number of nitrogens with zero attached hydrogens (tertiary/aromatic N) is 1. The number of anilines is 1. The normalized spacial score (nSPS) is 10.1. The van der Waals surface area contributed by atoms with Gasteiger partial charge in [0, 0.05) is 22.3 Å². The van der Waals surface area contributed by atoms with Gasteiger partial charge in [0.25, 0.3) is 5.91 Å². The van der Waals surface area contributed by atoms with Gasteiger partial charge in [-0.25, -0.2) is 0 Å². The zero-order chi connectivity index (χ0) is 17.7. The summed E-state index contributed by atoms with van der Waals surface area (Å²) in [6.45, 7) is 0.997. The highest BCUT2D eigenvalue weighted by molar-refractivity contribution is 6.30. The minimum atomic E-state index is -0.643. The second kappa shape index (κ2) is 7.56. The summed E-state index contributed by atoms with van der Waals surface area (Å²) in [4.78, 5) is 33.5. The van der Waals surface area contributed by atoms with Crippen molar-refractivity contribution in [2.75, 3.05) is 11.9 Å². The average molecular weight is 349 g/mol. The Hall–Kier alpha value is -2.93. The van der Waals surface area contributed by atoms with Crippen LogP contribution in [-0.4, -0.2) is 23.2 Å². The number of rotatable bonds is 6. The lowest BCUT2D eigenvalue weighted by atomic mass is 10.1. The predicted octanol–water partition coefficient (Wildman–Crippen LogP) is 3.47. The number of carbonyl (C=O) groups is 2. The molecule has 0 saturated heterocycles. The van der Waals surface area contributed by atoms with Crippen molar-refractivity contribution in [1.82, 2.24) is 0 Å². The molecule has 124 valence electrons. The van der Waals surface area contributed by atoms with Gasteiger partial charge in [0.15, 0.2) is 18.1 Å². The molecule has 24 heavy (non-hydrogen) atoms. The van der Waals surface area contributed by atoms with E-state index in [0.717, 1.165) is 6.07 Å². The van der Waals surface area contributed by atoms with Gasteiger partial charge in [0.05, 0.1) is 4.92 Å². The molecular weight excluding hydrogens is 336 g/mol. The number of ether oxygens (including phenoxy) is 1. The minimum absolute atomic E-state index is 0.0583. The Labute approximate surface area is 142 Å². The van der Waals surface area contributed by atoms with E-state index in [1.165, 1.54) is 25.1 Å². The number of nitro groups is 1. The lowest BCUT2D eigenvalue weighted by molar-refractivity contribution is -0.385. The first-order chi connectivity index (χ1) is 11.4. The largest absolute Gasteiger partial charge is 0.477 e. The Balaban J connectivity index is 2.03. The van der Waals surface area contributed by atoms with Gasteiger partial charge in [-0.05, 0) is 31.2 Å². The molecular formula is C16H13ClN2O5. The number of carbonyl (C=O) groups excluding carboxylic acids is 2. The number of hydrogen-bond donors (Lipinski definition) is 1. The SMILES string of the molecule is CC(=O)c1cccc(NC(=O)COc2ccc(Cl)cc2[N+](=O)[O-])c1. The van der Waals surface area contributed by atoms with Crippen LogP contribution < -0.4 is 10.1 Å². The van der Waals surface area contributed by atoms with Gasteiger partial charge in [-0.1, -0.05) is 23.7 Å². The van der Waals surface area contributed by atoms with Crippen molar-refractivity contribution in [2.45, 2.75) is 6.92 Å². The van der Waals surface area contributed by atoms with E-state index in [2.05, 4.69) is 5.32 Å². The molecule has 2 rings (SSSR count). The molecule has 0 radical (unpaired) electrons. The maximum Gasteiger partial charge on any atom is 0.312 e. The molecule has 0 saturated carbocycles. The van der Waals surface area contributed by atoms with Crippen LogP contribution in [0, 0.1) is 10.1 Å². The summed E-state index contributed by atoms with van der Waals surface area (Å²) in [7, 11) is 0. The Morgan fingerprint density at radius 2 is 2.00 bits per heavy atom. The Morgan fingerprint density at radius 1 is 1.25 bits per heavy atom. The highest BCUT2D eigenvalue weighted by atomic mass is 35.5. The molecule has 0 aromatic heterocycles. The fraction of sp³-hybridized carbons (Fsp3) is 0.125. The molecule has 2 aromatic rings. The van der Waals surface area contributed by atoms with Crippen LogP contribution in [0.5, 0.6) is 5.75 Å². The average Bonchev–Trinajstić information content (AvgIpc) is 2.53. The molecule has 7 nitrogen and oxygen atoms in total. The maximum absolute atomic E-state index is 11.9. The molecule has 0 spiro atoms. The van der Waals surface area contributed by atoms with E-state index in [0.29, 0.717) is 11.3 Å². The molecule has 0 aliphatic rings. The van der Waals surface area contributed by atoms with Crippen LogP contribution in [0.1, 0.15) is 17.3 Å². The van der Waals surface area contributed by atoms with E-state index in [1.54, 1.807) is 18.2 Å². The van der Waals surface area contributed by atoms with E-state index in [1.807, 2.05) is 0 Å². The number of amides is 1. The Morgan fingerprint density at radius 3 is 2.67 bits per heavy atom. The van der Waals surface area contributed by atoms with E-state index in [-0.39, 0.29) is 22.2 Å². The molecule has 0 fully saturated rings. The standard InChI is InChI=1S/C16H13ClN2O5/c1-10(20)11-3-2-4-13(7-11)18-16(21)9-24-15-6-5-12(17)8-14(15)19(22)23/h2-8H,9H2,1H3,(H,18,21). The number of ketones is 1. The number of nitro benzene ring substituents is 1. The van der Waals surface area contributed by atoms with Crippen LogP contribution in [0.15, 0.2) is 42.5 Å². The summed E-state index contributed by atoms with van der Waals surface area (Å²) in [5, 5.41) is 13.7. The molecule has 2 aromatic carbocycles. The third kappa shape index (κ3) is 4.53. The van der Waals surface area contributed by atoms with Gasteiger partial charge in [-0.3, -0.25) is 19.7 Å². The fourth-order valence-corrected chi connectivity index (χ4v) is 2.08. The summed E-state index contributed by atoms with van der Waals surface area (Å²) in [5.41, 5.74) is 0.567. The summed E-state index contributed by atoms with van der Waals surface area (Å²) < 4.78 is 5.19. The van der Waals surface area contributed by atoms with Gasteiger partial charge >= 0.3 is 5.69 Å². The lowest BCUT2D eigenvalue weighted by Gasteiger charge is -2.08. The second-order valence-corrected chi connectivity index (χ2v) is 5.28. The number of hydrogen-bond acceptors (Lipinski definition) is 5. The van der Waals surface area contributed by atoms with Crippen molar-refractivity contribution in [2.24, 2.45) is 0 Å². The quantitative estimate of drug-likeness (QED) is 0.489. The monoisotopic (exact) mass is 348 g/mol. The summed E-state index contributed by atoms with van der Waals surface area (Å²) in [5.74, 6) is -0.698. The predicted molar refractivity (Wildman–Crippen MR) is 88.7 cm³/mol. The van der Waals surface area contributed by atoms with E-state index >= 15 is 0 Å².